The summed E-state index contributed by atoms with van der Waals surface area (Å²) in [5.74, 6) is 0.308. The predicted octanol–water partition coefficient (Wildman–Crippen LogP) is 4.10. The van der Waals surface area contributed by atoms with E-state index in [1.165, 1.54) is 6.07 Å². The second-order valence-corrected chi connectivity index (χ2v) is 7.27. The zero-order valence-electron chi connectivity index (χ0n) is 15.0. The Bertz CT molecular complexity index is 1100. The maximum Gasteiger partial charge on any atom is 0.346 e. The van der Waals surface area contributed by atoms with Gasteiger partial charge in [-0.25, -0.2) is 9.59 Å². The Morgan fingerprint density at radius 3 is 2.59 bits per heavy atom. The van der Waals surface area contributed by atoms with Crippen molar-refractivity contribution >= 4 is 56.7 Å². The molecule has 0 aliphatic rings. The van der Waals surface area contributed by atoms with E-state index in [2.05, 4.69) is 10.6 Å². The lowest BCUT2D eigenvalue weighted by Gasteiger charge is -2.10. The summed E-state index contributed by atoms with van der Waals surface area (Å²) in [6.45, 7) is 0.164. The number of carbonyl (C=O) groups is 1. The molecule has 0 aliphatic carbocycles. The number of ether oxygens (including phenoxy) is 1. The van der Waals surface area contributed by atoms with Crippen LogP contribution in [0, 0.1) is 5.41 Å². The number of urea groups is 1. The van der Waals surface area contributed by atoms with Gasteiger partial charge in [-0.1, -0.05) is 47.6 Å². The predicted molar refractivity (Wildman–Crippen MR) is 116 cm³/mol. The molecule has 1 aromatic heterocycles. The minimum absolute atomic E-state index is 0.0315. The summed E-state index contributed by atoms with van der Waals surface area (Å²) in [7, 11) is 0. The monoisotopic (exact) mass is 432 g/mol. The second kappa shape index (κ2) is 9.35. The van der Waals surface area contributed by atoms with E-state index in [0.29, 0.717) is 22.5 Å². The van der Waals surface area contributed by atoms with Crippen molar-refractivity contribution < 1.29 is 13.9 Å². The van der Waals surface area contributed by atoms with E-state index < -0.39 is 11.7 Å². The van der Waals surface area contributed by atoms with Gasteiger partial charge in [-0.15, -0.1) is 0 Å². The SMILES string of the molecule is N=C(N)SCCOc1oc(=O)c2cc(NC(=O)Nc3ccccc3)ccc2c1Cl. The van der Waals surface area contributed by atoms with E-state index in [0.717, 1.165) is 11.8 Å². The van der Waals surface area contributed by atoms with Crippen LogP contribution in [0.1, 0.15) is 0 Å². The van der Waals surface area contributed by atoms with Gasteiger partial charge >= 0.3 is 17.6 Å². The Morgan fingerprint density at radius 1 is 1.14 bits per heavy atom. The van der Waals surface area contributed by atoms with E-state index in [4.69, 9.17) is 31.9 Å². The van der Waals surface area contributed by atoms with Crippen LogP contribution in [0.25, 0.3) is 10.8 Å². The van der Waals surface area contributed by atoms with Crippen molar-refractivity contribution in [3.05, 3.63) is 64.0 Å². The molecule has 2 aromatic carbocycles. The molecule has 3 rings (SSSR count). The molecule has 2 amide bonds. The molecule has 0 atom stereocenters. The lowest BCUT2D eigenvalue weighted by atomic mass is 10.1. The van der Waals surface area contributed by atoms with E-state index in [1.54, 1.807) is 36.4 Å². The number of hydrogen-bond acceptors (Lipinski definition) is 6. The molecular formula is C19H17ClN4O4S. The lowest BCUT2D eigenvalue weighted by Crippen LogP contribution is -2.19. The maximum atomic E-state index is 12.3. The first-order valence-electron chi connectivity index (χ1n) is 8.43. The number of rotatable bonds is 6. The van der Waals surface area contributed by atoms with E-state index >= 15 is 0 Å². The van der Waals surface area contributed by atoms with Crippen molar-refractivity contribution in [1.29, 1.82) is 5.41 Å². The van der Waals surface area contributed by atoms with Gasteiger partial charge in [0.15, 0.2) is 5.17 Å². The number of thioether (sulfide) groups is 1. The molecule has 1 heterocycles. The highest BCUT2D eigenvalue weighted by Crippen LogP contribution is 2.32. The fourth-order valence-electron chi connectivity index (χ4n) is 2.47. The minimum Gasteiger partial charge on any atom is -0.463 e. The van der Waals surface area contributed by atoms with Crippen LogP contribution >= 0.6 is 23.4 Å². The van der Waals surface area contributed by atoms with E-state index in [9.17, 15) is 9.59 Å². The number of nitrogens with two attached hydrogens (primary N) is 1. The summed E-state index contributed by atoms with van der Waals surface area (Å²) in [5.41, 5.74) is 5.64. The van der Waals surface area contributed by atoms with Crippen molar-refractivity contribution in [2.45, 2.75) is 0 Å². The Morgan fingerprint density at radius 2 is 1.86 bits per heavy atom. The molecule has 5 N–H and O–H groups in total. The number of para-hydroxylation sites is 1. The van der Waals surface area contributed by atoms with Gasteiger partial charge < -0.3 is 25.5 Å². The molecule has 0 radical (unpaired) electrons. The summed E-state index contributed by atoms with van der Waals surface area (Å²) in [4.78, 5) is 24.5. The lowest BCUT2D eigenvalue weighted by molar-refractivity contribution is 0.248. The zero-order valence-corrected chi connectivity index (χ0v) is 16.6. The number of halogens is 1. The third kappa shape index (κ3) is 5.43. The smallest absolute Gasteiger partial charge is 0.346 e. The molecule has 0 aliphatic heterocycles. The Balaban J connectivity index is 1.75. The van der Waals surface area contributed by atoms with Gasteiger partial charge in [-0.05, 0) is 24.3 Å². The number of anilines is 2. The van der Waals surface area contributed by atoms with Crippen LogP contribution in [0.15, 0.2) is 57.7 Å². The summed E-state index contributed by atoms with van der Waals surface area (Å²) < 4.78 is 10.5. The maximum absolute atomic E-state index is 12.3. The van der Waals surface area contributed by atoms with Crippen molar-refractivity contribution in [2.75, 3.05) is 23.0 Å². The van der Waals surface area contributed by atoms with Crippen LogP contribution in [-0.4, -0.2) is 23.6 Å². The van der Waals surface area contributed by atoms with Gasteiger partial charge in [0.2, 0.25) is 0 Å². The molecule has 0 saturated heterocycles. The summed E-state index contributed by atoms with van der Waals surface area (Å²) >= 11 is 7.39. The topological polar surface area (TPSA) is 130 Å². The molecule has 0 bridgehead atoms. The van der Waals surface area contributed by atoms with Gasteiger partial charge in [-0.2, -0.15) is 0 Å². The Hall–Kier alpha value is -3.17. The van der Waals surface area contributed by atoms with Crippen LogP contribution in [-0.2, 0) is 0 Å². The first kappa shape index (κ1) is 20.6. The third-order valence-corrected chi connectivity index (χ3v) is 4.74. The first-order valence-corrected chi connectivity index (χ1v) is 9.79. The average molecular weight is 433 g/mol. The zero-order chi connectivity index (χ0) is 20.8. The van der Waals surface area contributed by atoms with E-state index in [-0.39, 0.29) is 28.1 Å². The third-order valence-electron chi connectivity index (χ3n) is 3.70. The first-order chi connectivity index (χ1) is 13.9. The van der Waals surface area contributed by atoms with Crippen molar-refractivity contribution in [2.24, 2.45) is 5.73 Å². The van der Waals surface area contributed by atoms with Crippen molar-refractivity contribution in [1.82, 2.24) is 0 Å². The summed E-state index contributed by atoms with van der Waals surface area (Å²) in [5, 5.41) is 13.2. The van der Waals surface area contributed by atoms with Gasteiger partial charge in [-0.3, -0.25) is 5.41 Å². The van der Waals surface area contributed by atoms with Crippen LogP contribution in [0.4, 0.5) is 16.2 Å². The molecule has 150 valence electrons. The summed E-state index contributed by atoms with van der Waals surface area (Å²) in [6, 6.07) is 13.2. The molecule has 0 saturated carbocycles. The molecule has 10 heteroatoms. The standard InChI is InChI=1S/C19H17ClN4O4S/c20-15-13-7-6-12(24-19(26)23-11-4-2-1-3-5-11)10-14(13)16(25)28-17(15)27-8-9-29-18(21)22/h1-7,10H,8-9H2,(H3,21,22)(H2,23,24,26). The van der Waals surface area contributed by atoms with Crippen molar-refractivity contribution in [3.63, 3.8) is 0 Å². The number of nitrogens with one attached hydrogen (secondary N) is 3. The second-order valence-electron chi connectivity index (χ2n) is 5.76. The van der Waals surface area contributed by atoms with Gasteiger partial charge in [0.05, 0.1) is 5.39 Å². The number of carbonyl (C=O) groups excluding carboxylic acids is 1. The molecule has 3 aromatic rings. The highest BCUT2D eigenvalue weighted by molar-refractivity contribution is 8.13. The van der Waals surface area contributed by atoms with Gasteiger partial charge in [0.1, 0.15) is 11.6 Å². The van der Waals surface area contributed by atoms with Crippen LogP contribution in [0.5, 0.6) is 5.95 Å². The average Bonchev–Trinajstić information content (AvgIpc) is 2.69. The number of amides is 2. The number of amidine groups is 1. The van der Waals surface area contributed by atoms with Crippen molar-refractivity contribution in [3.8, 4) is 5.95 Å². The fraction of sp³-hybridized carbons (Fsp3) is 0.105. The normalized spacial score (nSPS) is 10.5. The summed E-state index contributed by atoms with van der Waals surface area (Å²) in [6.07, 6.45) is 0. The molecule has 0 unspecified atom stereocenters. The van der Waals surface area contributed by atoms with Gasteiger partial charge in [0.25, 0.3) is 0 Å². The molecular weight excluding hydrogens is 416 g/mol. The van der Waals surface area contributed by atoms with Crippen LogP contribution < -0.4 is 26.7 Å². The van der Waals surface area contributed by atoms with Gasteiger partial charge in [0, 0.05) is 22.5 Å². The number of hydrogen-bond donors (Lipinski definition) is 4. The van der Waals surface area contributed by atoms with E-state index in [1.807, 2.05) is 6.07 Å². The Kier molecular flexibility index (Phi) is 6.63. The molecule has 0 spiro atoms. The largest absolute Gasteiger partial charge is 0.463 e. The minimum atomic E-state index is -0.647. The highest BCUT2D eigenvalue weighted by Gasteiger charge is 2.15. The fourth-order valence-corrected chi connectivity index (χ4v) is 3.11. The molecule has 0 fully saturated rings. The molecule has 8 nitrogen and oxygen atoms in total. The number of fused-ring (bicyclic) bond motifs is 1. The highest BCUT2D eigenvalue weighted by atomic mass is 35.5. The number of benzene rings is 2. The van der Waals surface area contributed by atoms with Crippen LogP contribution in [0.2, 0.25) is 5.02 Å². The molecule has 29 heavy (non-hydrogen) atoms. The quantitative estimate of drug-likeness (QED) is 0.263. The Labute approximate surface area is 174 Å². The van der Waals surface area contributed by atoms with Crippen LogP contribution in [0.3, 0.4) is 0 Å².